The number of rotatable bonds is 6. The van der Waals surface area contributed by atoms with Crippen molar-refractivity contribution < 1.29 is 0 Å². The summed E-state index contributed by atoms with van der Waals surface area (Å²) in [7, 11) is 0. The van der Waals surface area contributed by atoms with Crippen LogP contribution < -0.4 is 5.32 Å². The predicted molar refractivity (Wildman–Crippen MR) is 72.9 cm³/mol. The molecule has 2 saturated heterocycles. The highest BCUT2D eigenvalue weighted by molar-refractivity contribution is 4.95. The van der Waals surface area contributed by atoms with Gasteiger partial charge in [-0.05, 0) is 51.6 Å². The fourth-order valence-corrected chi connectivity index (χ4v) is 3.47. The third kappa shape index (κ3) is 3.47. The van der Waals surface area contributed by atoms with Gasteiger partial charge in [-0.15, -0.1) is 12.3 Å². The van der Waals surface area contributed by atoms with Crippen molar-refractivity contribution in [3.8, 4) is 12.3 Å². The number of piperidine rings is 1. The molecule has 2 nitrogen and oxygen atoms in total. The van der Waals surface area contributed by atoms with Crippen LogP contribution in [0.1, 0.15) is 51.9 Å². The lowest BCUT2D eigenvalue weighted by molar-refractivity contribution is 0.140. The van der Waals surface area contributed by atoms with Crippen molar-refractivity contribution in [3.05, 3.63) is 0 Å². The monoisotopic (exact) mass is 234 g/mol. The third-order valence-electron chi connectivity index (χ3n) is 4.24. The molecular weight excluding hydrogens is 208 g/mol. The number of unbranched alkanes of at least 4 members (excludes halogenated alkanes) is 1. The van der Waals surface area contributed by atoms with Crippen LogP contribution in [-0.2, 0) is 0 Å². The Morgan fingerprint density at radius 2 is 1.94 bits per heavy atom. The Kier molecular flexibility index (Phi) is 4.88. The van der Waals surface area contributed by atoms with Gasteiger partial charge < -0.3 is 10.2 Å². The van der Waals surface area contributed by atoms with Gasteiger partial charge >= 0.3 is 0 Å². The van der Waals surface area contributed by atoms with E-state index in [4.69, 9.17) is 6.42 Å². The molecule has 17 heavy (non-hydrogen) atoms. The smallest absolute Gasteiger partial charge is 0.0125 e. The van der Waals surface area contributed by atoms with Crippen molar-refractivity contribution in [1.82, 2.24) is 10.2 Å². The molecule has 0 aliphatic carbocycles. The summed E-state index contributed by atoms with van der Waals surface area (Å²) in [6.07, 6.45) is 14.2. The van der Waals surface area contributed by atoms with Gasteiger partial charge in [0.05, 0.1) is 0 Å². The molecule has 2 bridgehead atoms. The predicted octanol–water partition coefficient (Wildman–Crippen LogP) is 2.39. The van der Waals surface area contributed by atoms with E-state index in [1.165, 1.54) is 45.2 Å². The molecule has 2 aliphatic rings. The quantitative estimate of drug-likeness (QED) is 0.561. The van der Waals surface area contributed by atoms with Crippen LogP contribution in [0.3, 0.4) is 0 Å². The Hall–Kier alpha value is -0.520. The average molecular weight is 234 g/mol. The van der Waals surface area contributed by atoms with Gasteiger partial charge in [0.15, 0.2) is 0 Å². The summed E-state index contributed by atoms with van der Waals surface area (Å²) in [6.45, 7) is 4.72. The standard InChI is InChI=1S/C15H26N2/c1-3-5-6-10-17(9-4-2)15-11-13-7-8-14(12-15)16-13/h1,13-16H,4-12H2,2H3. The van der Waals surface area contributed by atoms with Crippen LogP contribution in [-0.4, -0.2) is 36.1 Å². The summed E-state index contributed by atoms with van der Waals surface area (Å²) in [5.74, 6) is 2.76. The first kappa shape index (κ1) is 12.9. The molecule has 0 aromatic carbocycles. The van der Waals surface area contributed by atoms with Crippen molar-refractivity contribution >= 4 is 0 Å². The van der Waals surface area contributed by atoms with Crippen LogP contribution in [0.2, 0.25) is 0 Å². The Morgan fingerprint density at radius 3 is 2.53 bits per heavy atom. The van der Waals surface area contributed by atoms with Gasteiger partial charge in [-0.2, -0.15) is 0 Å². The number of hydrogen-bond acceptors (Lipinski definition) is 2. The number of hydrogen-bond donors (Lipinski definition) is 1. The summed E-state index contributed by atoms with van der Waals surface area (Å²) < 4.78 is 0. The number of fused-ring (bicyclic) bond motifs is 2. The van der Waals surface area contributed by atoms with Crippen molar-refractivity contribution in [2.45, 2.75) is 70.0 Å². The van der Waals surface area contributed by atoms with E-state index in [2.05, 4.69) is 23.1 Å². The van der Waals surface area contributed by atoms with Gasteiger partial charge in [0, 0.05) is 24.5 Å². The lowest BCUT2D eigenvalue weighted by atomic mass is 9.97. The maximum Gasteiger partial charge on any atom is 0.0125 e. The van der Waals surface area contributed by atoms with Gasteiger partial charge in [-0.1, -0.05) is 6.92 Å². The summed E-state index contributed by atoms with van der Waals surface area (Å²) in [6, 6.07) is 2.41. The molecule has 96 valence electrons. The van der Waals surface area contributed by atoms with Crippen LogP contribution >= 0.6 is 0 Å². The van der Waals surface area contributed by atoms with E-state index in [9.17, 15) is 0 Å². The van der Waals surface area contributed by atoms with Gasteiger partial charge in [0.1, 0.15) is 0 Å². The Balaban J connectivity index is 1.84. The first-order valence-corrected chi connectivity index (χ1v) is 7.27. The second kappa shape index (κ2) is 6.42. The second-order valence-electron chi connectivity index (χ2n) is 5.61. The maximum absolute atomic E-state index is 5.34. The Morgan fingerprint density at radius 1 is 1.24 bits per heavy atom. The van der Waals surface area contributed by atoms with Crippen molar-refractivity contribution in [2.24, 2.45) is 0 Å². The molecule has 0 amide bonds. The molecule has 2 aliphatic heterocycles. The largest absolute Gasteiger partial charge is 0.311 e. The maximum atomic E-state index is 5.34. The molecule has 2 heterocycles. The minimum Gasteiger partial charge on any atom is -0.311 e. The average Bonchev–Trinajstić information content (AvgIpc) is 2.67. The first-order chi connectivity index (χ1) is 8.33. The molecule has 2 rings (SSSR count). The number of terminal acetylenes is 1. The zero-order valence-electron chi connectivity index (χ0n) is 11.1. The highest BCUT2D eigenvalue weighted by Gasteiger charge is 2.35. The SMILES string of the molecule is C#CCCCN(CCC)C1CC2CCC(C1)N2. The lowest BCUT2D eigenvalue weighted by Crippen LogP contribution is -2.48. The summed E-state index contributed by atoms with van der Waals surface area (Å²) in [5, 5.41) is 3.73. The fourth-order valence-electron chi connectivity index (χ4n) is 3.47. The number of nitrogens with zero attached hydrogens (tertiary/aromatic N) is 1. The van der Waals surface area contributed by atoms with Gasteiger partial charge in [-0.3, -0.25) is 0 Å². The fraction of sp³-hybridized carbons (Fsp3) is 0.867. The molecule has 0 radical (unpaired) electrons. The third-order valence-corrected chi connectivity index (χ3v) is 4.24. The van der Waals surface area contributed by atoms with Gasteiger partial charge in [0.2, 0.25) is 0 Å². The number of nitrogens with one attached hydrogen (secondary N) is 1. The normalized spacial score (nSPS) is 31.7. The minimum absolute atomic E-state index is 0.797. The summed E-state index contributed by atoms with van der Waals surface area (Å²) >= 11 is 0. The molecule has 1 N–H and O–H groups in total. The van der Waals surface area contributed by atoms with E-state index in [1.54, 1.807) is 0 Å². The molecule has 0 aromatic heterocycles. The highest BCUT2D eigenvalue weighted by atomic mass is 15.2. The molecule has 0 aromatic rings. The van der Waals surface area contributed by atoms with E-state index in [-0.39, 0.29) is 0 Å². The molecular formula is C15H26N2. The van der Waals surface area contributed by atoms with Crippen molar-refractivity contribution in [3.63, 3.8) is 0 Å². The molecule has 0 saturated carbocycles. The van der Waals surface area contributed by atoms with E-state index in [0.29, 0.717) is 0 Å². The van der Waals surface area contributed by atoms with Crippen molar-refractivity contribution in [2.75, 3.05) is 13.1 Å². The van der Waals surface area contributed by atoms with E-state index in [0.717, 1.165) is 31.0 Å². The molecule has 2 heteroatoms. The zero-order chi connectivity index (χ0) is 12.1. The lowest BCUT2D eigenvalue weighted by Gasteiger charge is -2.37. The first-order valence-electron chi connectivity index (χ1n) is 7.27. The Bertz CT molecular complexity index is 257. The molecule has 0 spiro atoms. The molecule has 2 atom stereocenters. The molecule has 2 fully saturated rings. The molecule has 2 unspecified atom stereocenters. The van der Waals surface area contributed by atoms with Crippen molar-refractivity contribution in [1.29, 1.82) is 0 Å². The topological polar surface area (TPSA) is 15.3 Å². The van der Waals surface area contributed by atoms with Crippen LogP contribution in [0.5, 0.6) is 0 Å². The van der Waals surface area contributed by atoms with Crippen LogP contribution in [0.15, 0.2) is 0 Å². The minimum atomic E-state index is 0.797. The van der Waals surface area contributed by atoms with Crippen LogP contribution in [0.4, 0.5) is 0 Å². The van der Waals surface area contributed by atoms with Crippen LogP contribution in [0, 0.1) is 12.3 Å². The van der Waals surface area contributed by atoms with E-state index < -0.39 is 0 Å². The summed E-state index contributed by atoms with van der Waals surface area (Å²) in [5.41, 5.74) is 0. The van der Waals surface area contributed by atoms with Crippen LogP contribution in [0.25, 0.3) is 0 Å². The summed E-state index contributed by atoms with van der Waals surface area (Å²) in [4.78, 5) is 2.70. The van der Waals surface area contributed by atoms with Gasteiger partial charge in [0.25, 0.3) is 0 Å². The van der Waals surface area contributed by atoms with Gasteiger partial charge in [-0.25, -0.2) is 0 Å². The van der Waals surface area contributed by atoms with E-state index in [1.807, 2.05) is 0 Å². The van der Waals surface area contributed by atoms with E-state index >= 15 is 0 Å². The highest BCUT2D eigenvalue weighted by Crippen LogP contribution is 2.29. The second-order valence-corrected chi connectivity index (χ2v) is 5.61. The zero-order valence-corrected chi connectivity index (χ0v) is 11.1. The Labute approximate surface area is 106 Å².